The highest BCUT2D eigenvalue weighted by Crippen LogP contribution is 2.21. The molecule has 0 saturated carbocycles. The molecular weight excluding hydrogens is 379 g/mol. The molecule has 0 radical (unpaired) electrons. The molecular formula is C21H23FN2O5. The minimum Gasteiger partial charge on any atom is -0.459 e. The highest BCUT2D eigenvalue weighted by Gasteiger charge is 2.31. The molecule has 1 fully saturated rings. The fraction of sp³-hybridized carbons (Fsp3) is 0.381. The number of likely N-dealkylation sites (tertiary alicyclic amines) is 1. The normalized spacial score (nSPS) is 15.6. The van der Waals surface area contributed by atoms with Gasteiger partial charge in [0.15, 0.2) is 11.9 Å². The third-order valence-electron chi connectivity index (χ3n) is 4.89. The lowest BCUT2D eigenvalue weighted by atomic mass is 9.97. The number of halogens is 1. The number of rotatable bonds is 6. The van der Waals surface area contributed by atoms with Crippen LogP contribution in [0.4, 0.5) is 4.39 Å². The molecule has 1 saturated heterocycles. The molecule has 1 N–H and O–H groups in total. The Balaban J connectivity index is 1.42. The van der Waals surface area contributed by atoms with E-state index in [4.69, 9.17) is 9.15 Å². The van der Waals surface area contributed by atoms with Crippen LogP contribution in [0.15, 0.2) is 47.1 Å². The fourth-order valence-corrected chi connectivity index (χ4v) is 3.13. The Morgan fingerprint density at radius 2 is 1.90 bits per heavy atom. The van der Waals surface area contributed by atoms with Gasteiger partial charge in [-0.3, -0.25) is 14.4 Å². The van der Waals surface area contributed by atoms with Crippen molar-refractivity contribution in [1.29, 1.82) is 0 Å². The van der Waals surface area contributed by atoms with Gasteiger partial charge in [-0.25, -0.2) is 4.39 Å². The number of hydrogen-bond acceptors (Lipinski definition) is 5. The highest BCUT2D eigenvalue weighted by atomic mass is 19.1. The van der Waals surface area contributed by atoms with Crippen LogP contribution in [-0.2, 0) is 20.9 Å². The standard InChI is InChI=1S/C21H23FN2O5/c1-14(19(25)23-13-15-4-6-17(22)7-5-15)29-21(27)16-8-10-24(11-9-16)20(26)18-3-2-12-28-18/h2-7,12,14,16H,8-11,13H2,1H3,(H,23,25). The molecule has 8 heteroatoms. The largest absolute Gasteiger partial charge is 0.459 e. The van der Waals surface area contributed by atoms with Gasteiger partial charge in [-0.1, -0.05) is 12.1 Å². The van der Waals surface area contributed by atoms with E-state index in [2.05, 4.69) is 5.32 Å². The summed E-state index contributed by atoms with van der Waals surface area (Å²) < 4.78 is 23.3. The van der Waals surface area contributed by atoms with E-state index in [-0.39, 0.29) is 29.9 Å². The van der Waals surface area contributed by atoms with Crippen molar-refractivity contribution >= 4 is 17.8 Å². The molecule has 7 nitrogen and oxygen atoms in total. The number of nitrogens with one attached hydrogen (secondary N) is 1. The van der Waals surface area contributed by atoms with E-state index in [9.17, 15) is 18.8 Å². The van der Waals surface area contributed by atoms with Crippen molar-refractivity contribution in [3.8, 4) is 0 Å². The zero-order chi connectivity index (χ0) is 20.8. The number of amides is 2. The number of furan rings is 1. The summed E-state index contributed by atoms with van der Waals surface area (Å²) in [6, 6.07) is 9.03. The lowest BCUT2D eigenvalue weighted by Crippen LogP contribution is -2.42. The van der Waals surface area contributed by atoms with E-state index >= 15 is 0 Å². The number of piperidine rings is 1. The monoisotopic (exact) mass is 402 g/mol. The average molecular weight is 402 g/mol. The molecule has 1 aliphatic heterocycles. The fourth-order valence-electron chi connectivity index (χ4n) is 3.13. The van der Waals surface area contributed by atoms with Crippen LogP contribution in [0.25, 0.3) is 0 Å². The summed E-state index contributed by atoms with van der Waals surface area (Å²) in [5.41, 5.74) is 0.742. The Morgan fingerprint density at radius 3 is 2.52 bits per heavy atom. The number of nitrogens with zero attached hydrogens (tertiary/aromatic N) is 1. The summed E-state index contributed by atoms with van der Waals surface area (Å²) in [5, 5.41) is 2.66. The Hall–Kier alpha value is -3.16. The molecule has 1 aliphatic rings. The quantitative estimate of drug-likeness (QED) is 0.750. The minimum atomic E-state index is -0.939. The predicted molar refractivity (Wildman–Crippen MR) is 101 cm³/mol. The van der Waals surface area contributed by atoms with Gasteiger partial charge in [-0.2, -0.15) is 0 Å². The summed E-state index contributed by atoms with van der Waals surface area (Å²) in [6.45, 7) is 2.57. The number of benzene rings is 1. The maximum absolute atomic E-state index is 12.9. The zero-order valence-electron chi connectivity index (χ0n) is 16.1. The second-order valence-corrected chi connectivity index (χ2v) is 6.97. The van der Waals surface area contributed by atoms with Crippen molar-refractivity contribution in [2.24, 2.45) is 5.92 Å². The first-order valence-electron chi connectivity index (χ1n) is 9.49. The average Bonchev–Trinajstić information content (AvgIpc) is 3.27. The summed E-state index contributed by atoms with van der Waals surface area (Å²) in [5.74, 6) is -1.50. The topological polar surface area (TPSA) is 88.8 Å². The molecule has 2 heterocycles. The molecule has 29 heavy (non-hydrogen) atoms. The van der Waals surface area contributed by atoms with Crippen LogP contribution in [0.5, 0.6) is 0 Å². The van der Waals surface area contributed by atoms with Crippen LogP contribution < -0.4 is 5.32 Å². The Bertz CT molecular complexity index is 842. The molecule has 154 valence electrons. The SMILES string of the molecule is CC(OC(=O)C1CCN(C(=O)c2ccco2)CC1)C(=O)NCc1ccc(F)cc1. The summed E-state index contributed by atoms with van der Waals surface area (Å²) >= 11 is 0. The van der Waals surface area contributed by atoms with Gasteiger partial charge in [0, 0.05) is 19.6 Å². The number of ether oxygens (including phenoxy) is 1. The van der Waals surface area contributed by atoms with Crippen LogP contribution in [0, 0.1) is 11.7 Å². The van der Waals surface area contributed by atoms with Gasteiger partial charge in [0.25, 0.3) is 11.8 Å². The molecule has 0 bridgehead atoms. The molecule has 3 rings (SSSR count). The number of carbonyl (C=O) groups is 3. The molecule has 1 aromatic carbocycles. The Morgan fingerprint density at radius 1 is 1.21 bits per heavy atom. The first-order chi connectivity index (χ1) is 13.9. The molecule has 0 aliphatic carbocycles. The summed E-state index contributed by atoms with van der Waals surface area (Å²) in [6.07, 6.45) is 1.44. The third kappa shape index (κ3) is 5.43. The van der Waals surface area contributed by atoms with Crippen LogP contribution >= 0.6 is 0 Å². The van der Waals surface area contributed by atoms with Crippen LogP contribution in [0.2, 0.25) is 0 Å². The molecule has 0 spiro atoms. The first-order valence-corrected chi connectivity index (χ1v) is 9.49. The van der Waals surface area contributed by atoms with Crippen molar-refractivity contribution in [1.82, 2.24) is 10.2 Å². The number of hydrogen-bond donors (Lipinski definition) is 1. The van der Waals surface area contributed by atoms with Crippen molar-refractivity contribution in [2.45, 2.75) is 32.4 Å². The minimum absolute atomic E-state index is 0.199. The molecule has 2 amide bonds. The predicted octanol–water partition coefficient (Wildman–Crippen LogP) is 2.52. The van der Waals surface area contributed by atoms with Gasteiger partial charge in [-0.15, -0.1) is 0 Å². The third-order valence-corrected chi connectivity index (χ3v) is 4.89. The van der Waals surface area contributed by atoms with Crippen molar-refractivity contribution < 1.29 is 27.9 Å². The van der Waals surface area contributed by atoms with Crippen molar-refractivity contribution in [3.63, 3.8) is 0 Å². The van der Waals surface area contributed by atoms with Crippen molar-refractivity contribution in [2.75, 3.05) is 13.1 Å². The lowest BCUT2D eigenvalue weighted by molar-refractivity contribution is -0.160. The lowest BCUT2D eigenvalue weighted by Gasteiger charge is -2.30. The maximum atomic E-state index is 12.9. The summed E-state index contributed by atoms with van der Waals surface area (Å²) in [4.78, 5) is 38.4. The van der Waals surface area contributed by atoms with Crippen LogP contribution in [0.3, 0.4) is 0 Å². The van der Waals surface area contributed by atoms with Gasteiger partial charge in [0.2, 0.25) is 0 Å². The molecule has 1 unspecified atom stereocenters. The second-order valence-electron chi connectivity index (χ2n) is 6.97. The highest BCUT2D eigenvalue weighted by molar-refractivity contribution is 5.91. The van der Waals surface area contributed by atoms with Gasteiger partial charge in [-0.05, 0) is 49.6 Å². The van der Waals surface area contributed by atoms with E-state index in [1.54, 1.807) is 29.2 Å². The van der Waals surface area contributed by atoms with Crippen LogP contribution in [0.1, 0.15) is 35.9 Å². The van der Waals surface area contributed by atoms with Gasteiger partial charge in [0.05, 0.1) is 12.2 Å². The van der Waals surface area contributed by atoms with Gasteiger partial charge < -0.3 is 19.4 Å². The van der Waals surface area contributed by atoms with Crippen LogP contribution in [-0.4, -0.2) is 41.9 Å². The summed E-state index contributed by atoms with van der Waals surface area (Å²) in [7, 11) is 0. The second kappa shape index (κ2) is 9.36. The molecule has 1 atom stereocenters. The Kier molecular flexibility index (Phi) is 6.64. The smallest absolute Gasteiger partial charge is 0.309 e. The first kappa shape index (κ1) is 20.6. The van der Waals surface area contributed by atoms with E-state index in [0.717, 1.165) is 5.56 Å². The zero-order valence-corrected chi connectivity index (χ0v) is 16.1. The van der Waals surface area contributed by atoms with E-state index < -0.39 is 18.0 Å². The number of carbonyl (C=O) groups excluding carboxylic acids is 3. The molecule has 2 aromatic rings. The maximum Gasteiger partial charge on any atom is 0.309 e. The van der Waals surface area contributed by atoms with E-state index in [1.807, 2.05) is 0 Å². The number of esters is 1. The Labute approximate surface area is 167 Å². The van der Waals surface area contributed by atoms with E-state index in [0.29, 0.717) is 25.9 Å². The van der Waals surface area contributed by atoms with Crippen molar-refractivity contribution in [3.05, 3.63) is 59.8 Å². The van der Waals surface area contributed by atoms with Gasteiger partial charge >= 0.3 is 5.97 Å². The van der Waals surface area contributed by atoms with Gasteiger partial charge in [0.1, 0.15) is 5.82 Å². The van der Waals surface area contributed by atoms with E-state index in [1.165, 1.54) is 25.3 Å². The molecule has 1 aromatic heterocycles.